The molecule has 70 valence electrons. The second-order valence-electron chi connectivity index (χ2n) is 2.79. The summed E-state index contributed by atoms with van der Waals surface area (Å²) in [7, 11) is 1.36. The minimum atomic E-state index is -0.745. The molecule has 0 saturated carbocycles. The topological polar surface area (TPSA) is 85.3 Å². The summed E-state index contributed by atoms with van der Waals surface area (Å²) in [5.74, 6) is -1.14. The molecule has 5 heteroatoms. The third-order valence-corrected chi connectivity index (χ3v) is 1.85. The predicted octanol–water partition coefficient (Wildman–Crippen LogP) is -0.502. The van der Waals surface area contributed by atoms with Crippen LogP contribution < -0.4 is 11.3 Å². The van der Waals surface area contributed by atoms with Crippen LogP contribution in [0.4, 0.5) is 0 Å². The Labute approximate surface area is 74.4 Å². The lowest BCUT2D eigenvalue weighted by molar-refractivity contribution is 0.0995. The summed E-state index contributed by atoms with van der Waals surface area (Å²) in [5, 5.41) is 9.39. The number of carbonyl (C=O) groups is 1. The lowest BCUT2D eigenvalue weighted by Crippen LogP contribution is -2.22. The molecule has 0 fully saturated rings. The van der Waals surface area contributed by atoms with Crippen molar-refractivity contribution in [2.24, 2.45) is 12.8 Å². The lowest BCUT2D eigenvalue weighted by Gasteiger charge is -2.07. The number of nitrogens with two attached hydrogens (primary N) is 1. The number of primary amides is 1. The number of pyridine rings is 1. The van der Waals surface area contributed by atoms with Crippen molar-refractivity contribution in [2.45, 2.75) is 6.92 Å². The molecule has 0 saturated heterocycles. The molecule has 5 nitrogen and oxygen atoms in total. The monoisotopic (exact) mass is 182 g/mol. The van der Waals surface area contributed by atoms with Gasteiger partial charge in [-0.1, -0.05) is 0 Å². The molecule has 0 aliphatic rings. The molecule has 0 atom stereocenters. The van der Waals surface area contributed by atoms with Crippen LogP contribution in [0.5, 0.6) is 5.88 Å². The molecule has 0 aliphatic heterocycles. The summed E-state index contributed by atoms with van der Waals surface area (Å²) in [6, 6.07) is 1.25. The number of aromatic hydroxyl groups is 1. The third kappa shape index (κ3) is 1.40. The van der Waals surface area contributed by atoms with Crippen LogP contribution in [0.1, 0.15) is 15.9 Å². The average Bonchev–Trinajstić information content (AvgIpc) is 1.99. The molecule has 0 aliphatic carbocycles. The Morgan fingerprint density at radius 3 is 2.62 bits per heavy atom. The number of rotatable bonds is 1. The molecule has 1 aromatic rings. The predicted molar refractivity (Wildman–Crippen MR) is 46.6 cm³/mol. The number of hydrogen-bond donors (Lipinski definition) is 2. The van der Waals surface area contributed by atoms with Gasteiger partial charge in [-0.3, -0.25) is 14.2 Å². The van der Waals surface area contributed by atoms with Crippen LogP contribution in [-0.4, -0.2) is 15.6 Å². The lowest BCUT2D eigenvalue weighted by atomic mass is 10.1. The number of aromatic nitrogens is 1. The maximum Gasteiger partial charge on any atom is 0.254 e. The van der Waals surface area contributed by atoms with Crippen molar-refractivity contribution in [1.82, 2.24) is 4.57 Å². The highest BCUT2D eigenvalue weighted by Gasteiger charge is 2.14. The fourth-order valence-electron chi connectivity index (χ4n) is 1.11. The molecule has 0 spiro atoms. The van der Waals surface area contributed by atoms with Crippen molar-refractivity contribution in [3.8, 4) is 5.88 Å². The highest BCUT2D eigenvalue weighted by atomic mass is 16.3. The van der Waals surface area contributed by atoms with Crippen LogP contribution in [0.2, 0.25) is 0 Å². The van der Waals surface area contributed by atoms with Crippen molar-refractivity contribution in [3.05, 3.63) is 27.5 Å². The molecule has 13 heavy (non-hydrogen) atoms. The second kappa shape index (κ2) is 2.93. The summed E-state index contributed by atoms with van der Waals surface area (Å²) in [6.45, 7) is 1.54. The standard InChI is InChI=1S/C8H10N2O3/c1-4-3-5(11)10(2)8(13)6(4)7(9)12/h3,13H,1-2H3,(H2,9,12). The average molecular weight is 182 g/mol. The van der Waals surface area contributed by atoms with E-state index in [0.29, 0.717) is 5.56 Å². The Balaban J connectivity index is 3.63. The van der Waals surface area contributed by atoms with Gasteiger partial charge < -0.3 is 10.8 Å². The van der Waals surface area contributed by atoms with E-state index in [0.717, 1.165) is 4.57 Å². The zero-order valence-corrected chi connectivity index (χ0v) is 7.37. The van der Waals surface area contributed by atoms with Crippen LogP contribution >= 0.6 is 0 Å². The Bertz CT molecular complexity index is 420. The van der Waals surface area contributed by atoms with E-state index in [9.17, 15) is 14.7 Å². The minimum Gasteiger partial charge on any atom is -0.494 e. The number of aryl methyl sites for hydroxylation is 1. The first-order chi connectivity index (χ1) is 5.95. The fraction of sp³-hybridized carbons (Fsp3) is 0.250. The Hall–Kier alpha value is -1.78. The molecule has 0 radical (unpaired) electrons. The molecule has 1 rings (SSSR count). The van der Waals surface area contributed by atoms with Crippen molar-refractivity contribution in [2.75, 3.05) is 0 Å². The summed E-state index contributed by atoms with van der Waals surface area (Å²) < 4.78 is 0.965. The van der Waals surface area contributed by atoms with Crippen LogP contribution in [0, 0.1) is 6.92 Å². The highest BCUT2D eigenvalue weighted by molar-refractivity contribution is 5.96. The van der Waals surface area contributed by atoms with Gasteiger partial charge in [-0.15, -0.1) is 0 Å². The van der Waals surface area contributed by atoms with E-state index in [2.05, 4.69) is 0 Å². The zero-order chi connectivity index (χ0) is 10.2. The van der Waals surface area contributed by atoms with Gasteiger partial charge in [-0.05, 0) is 12.5 Å². The summed E-state index contributed by atoms with van der Waals surface area (Å²) in [5.41, 5.74) is 5.02. The molecule has 1 heterocycles. The maximum atomic E-state index is 11.1. The van der Waals surface area contributed by atoms with E-state index in [4.69, 9.17) is 5.73 Å². The fourth-order valence-corrected chi connectivity index (χ4v) is 1.11. The van der Waals surface area contributed by atoms with Crippen LogP contribution in [0.15, 0.2) is 10.9 Å². The van der Waals surface area contributed by atoms with E-state index in [1.165, 1.54) is 13.1 Å². The summed E-state index contributed by atoms with van der Waals surface area (Å²) >= 11 is 0. The van der Waals surface area contributed by atoms with E-state index in [1.54, 1.807) is 6.92 Å². The minimum absolute atomic E-state index is 0.0119. The van der Waals surface area contributed by atoms with Gasteiger partial charge in [0.15, 0.2) is 0 Å². The molecular formula is C8H10N2O3. The van der Waals surface area contributed by atoms with Gasteiger partial charge in [0.25, 0.3) is 11.5 Å². The van der Waals surface area contributed by atoms with Gasteiger partial charge in [-0.2, -0.15) is 0 Å². The van der Waals surface area contributed by atoms with Crippen molar-refractivity contribution < 1.29 is 9.90 Å². The Morgan fingerprint density at radius 1 is 1.62 bits per heavy atom. The van der Waals surface area contributed by atoms with Gasteiger partial charge in [0.2, 0.25) is 5.88 Å². The molecule has 1 aromatic heterocycles. The molecule has 0 unspecified atom stereocenters. The third-order valence-electron chi connectivity index (χ3n) is 1.85. The SMILES string of the molecule is Cc1cc(=O)n(C)c(O)c1C(N)=O. The second-order valence-corrected chi connectivity index (χ2v) is 2.79. The molecular weight excluding hydrogens is 172 g/mol. The summed E-state index contributed by atoms with van der Waals surface area (Å²) in [4.78, 5) is 21.9. The van der Waals surface area contributed by atoms with Crippen molar-refractivity contribution >= 4 is 5.91 Å². The first-order valence-corrected chi connectivity index (χ1v) is 3.64. The number of hydrogen-bond acceptors (Lipinski definition) is 3. The molecule has 3 N–H and O–H groups in total. The van der Waals surface area contributed by atoms with Crippen LogP contribution in [-0.2, 0) is 7.05 Å². The van der Waals surface area contributed by atoms with Crippen molar-refractivity contribution in [1.29, 1.82) is 0 Å². The number of nitrogens with zero attached hydrogens (tertiary/aromatic N) is 1. The van der Waals surface area contributed by atoms with Crippen LogP contribution in [0.3, 0.4) is 0 Å². The van der Waals surface area contributed by atoms with Gasteiger partial charge >= 0.3 is 0 Å². The first-order valence-electron chi connectivity index (χ1n) is 3.64. The number of carbonyl (C=O) groups excluding carboxylic acids is 1. The van der Waals surface area contributed by atoms with Crippen LogP contribution in [0.25, 0.3) is 0 Å². The number of amides is 1. The quantitative estimate of drug-likeness (QED) is 0.613. The Morgan fingerprint density at radius 2 is 2.15 bits per heavy atom. The van der Waals surface area contributed by atoms with Gasteiger partial charge in [0, 0.05) is 13.1 Å². The highest BCUT2D eigenvalue weighted by Crippen LogP contribution is 2.16. The van der Waals surface area contributed by atoms with E-state index in [1.807, 2.05) is 0 Å². The molecule has 1 amide bonds. The molecule has 0 aromatic carbocycles. The van der Waals surface area contributed by atoms with E-state index >= 15 is 0 Å². The maximum absolute atomic E-state index is 11.1. The van der Waals surface area contributed by atoms with Crippen molar-refractivity contribution in [3.63, 3.8) is 0 Å². The van der Waals surface area contributed by atoms with E-state index in [-0.39, 0.29) is 11.1 Å². The van der Waals surface area contributed by atoms with E-state index < -0.39 is 11.8 Å². The normalized spacial score (nSPS) is 10.0. The smallest absolute Gasteiger partial charge is 0.254 e. The summed E-state index contributed by atoms with van der Waals surface area (Å²) in [6.07, 6.45) is 0. The zero-order valence-electron chi connectivity index (χ0n) is 7.37. The van der Waals surface area contributed by atoms with Gasteiger partial charge in [-0.25, -0.2) is 0 Å². The molecule has 0 bridgehead atoms. The Kier molecular flexibility index (Phi) is 2.10. The first kappa shape index (κ1) is 9.31. The largest absolute Gasteiger partial charge is 0.494 e. The van der Waals surface area contributed by atoms with Gasteiger partial charge in [0.05, 0.1) is 0 Å². The van der Waals surface area contributed by atoms with Gasteiger partial charge in [0.1, 0.15) is 5.56 Å².